The molecule has 0 saturated carbocycles. The van der Waals surface area contributed by atoms with E-state index in [-0.39, 0.29) is 5.82 Å². The van der Waals surface area contributed by atoms with Crippen LogP contribution >= 0.6 is 0 Å². The van der Waals surface area contributed by atoms with Crippen LogP contribution in [-0.4, -0.2) is 0 Å². The number of nitrogen functional groups attached to an aromatic ring is 1. The Labute approximate surface area is 140 Å². The zero-order valence-electron chi connectivity index (χ0n) is 13.2. The van der Waals surface area contributed by atoms with E-state index in [9.17, 15) is 4.39 Å². The lowest BCUT2D eigenvalue weighted by atomic mass is 10.2. The molecule has 0 unspecified atom stereocenters. The van der Waals surface area contributed by atoms with Gasteiger partial charge in [-0.25, -0.2) is 4.39 Å². The summed E-state index contributed by atoms with van der Waals surface area (Å²) in [5, 5.41) is 3.25. The Morgan fingerprint density at radius 2 is 1.62 bits per heavy atom. The fraction of sp³-hybridized carbons (Fsp3) is 0.100. The predicted molar refractivity (Wildman–Crippen MR) is 95.4 cm³/mol. The molecule has 0 aliphatic carbocycles. The molecule has 0 aliphatic heterocycles. The number of nitrogens with one attached hydrogen (secondary N) is 1. The average Bonchev–Trinajstić information content (AvgIpc) is 2.61. The van der Waals surface area contributed by atoms with Gasteiger partial charge in [0.05, 0.1) is 11.4 Å². The van der Waals surface area contributed by atoms with Crippen molar-refractivity contribution in [3.05, 3.63) is 89.7 Å². The molecule has 0 heterocycles. The van der Waals surface area contributed by atoms with Crippen LogP contribution in [0, 0.1) is 5.82 Å². The molecule has 3 N–H and O–H groups in total. The van der Waals surface area contributed by atoms with Crippen LogP contribution in [0.2, 0.25) is 0 Å². The normalized spacial score (nSPS) is 10.4. The fourth-order valence-electron chi connectivity index (χ4n) is 2.33. The van der Waals surface area contributed by atoms with E-state index in [0.717, 1.165) is 22.6 Å². The van der Waals surface area contributed by atoms with E-state index >= 15 is 0 Å². The van der Waals surface area contributed by atoms with Gasteiger partial charge in [0.2, 0.25) is 0 Å². The number of ether oxygens (including phenoxy) is 1. The first kappa shape index (κ1) is 15.9. The zero-order chi connectivity index (χ0) is 16.8. The summed E-state index contributed by atoms with van der Waals surface area (Å²) >= 11 is 0. The van der Waals surface area contributed by atoms with Crippen molar-refractivity contribution in [3.63, 3.8) is 0 Å². The van der Waals surface area contributed by atoms with Gasteiger partial charge in [-0.2, -0.15) is 0 Å². The summed E-state index contributed by atoms with van der Waals surface area (Å²) in [7, 11) is 0. The van der Waals surface area contributed by atoms with Gasteiger partial charge in [0.25, 0.3) is 0 Å². The molecule has 0 spiro atoms. The molecule has 3 aromatic rings. The first-order chi connectivity index (χ1) is 11.7. The highest BCUT2D eigenvalue weighted by atomic mass is 19.1. The Bertz CT molecular complexity index is 788. The highest BCUT2D eigenvalue weighted by Gasteiger charge is 2.03. The molecule has 0 aliphatic rings. The smallest absolute Gasteiger partial charge is 0.123 e. The van der Waals surface area contributed by atoms with E-state index in [1.54, 1.807) is 18.2 Å². The molecule has 0 aromatic heterocycles. The van der Waals surface area contributed by atoms with Crippen molar-refractivity contribution in [1.82, 2.24) is 0 Å². The molecule has 0 bridgehead atoms. The molecule has 4 heteroatoms. The topological polar surface area (TPSA) is 47.3 Å². The molecule has 0 radical (unpaired) electrons. The second-order valence-electron chi connectivity index (χ2n) is 5.50. The molecular formula is C20H19FN2O. The molecule has 0 saturated heterocycles. The SMILES string of the molecule is Nc1cc(OCc2ccccc2)ccc1NCc1ccc(F)cc1. The van der Waals surface area contributed by atoms with Gasteiger partial charge in [0.1, 0.15) is 18.2 Å². The lowest BCUT2D eigenvalue weighted by Crippen LogP contribution is -2.03. The van der Waals surface area contributed by atoms with Crippen molar-refractivity contribution in [2.24, 2.45) is 0 Å². The lowest BCUT2D eigenvalue weighted by Gasteiger charge is -2.12. The van der Waals surface area contributed by atoms with Crippen molar-refractivity contribution in [1.29, 1.82) is 0 Å². The third kappa shape index (κ3) is 4.26. The highest BCUT2D eigenvalue weighted by molar-refractivity contribution is 5.68. The van der Waals surface area contributed by atoms with Crippen molar-refractivity contribution in [2.45, 2.75) is 13.2 Å². The van der Waals surface area contributed by atoms with Crippen LogP contribution in [-0.2, 0) is 13.2 Å². The Balaban J connectivity index is 1.59. The number of hydrogen-bond donors (Lipinski definition) is 2. The maximum absolute atomic E-state index is 12.9. The molecule has 0 atom stereocenters. The van der Waals surface area contributed by atoms with Gasteiger partial charge < -0.3 is 15.8 Å². The van der Waals surface area contributed by atoms with E-state index < -0.39 is 0 Å². The first-order valence-corrected chi connectivity index (χ1v) is 7.75. The Kier molecular flexibility index (Phi) is 4.96. The summed E-state index contributed by atoms with van der Waals surface area (Å²) in [6.45, 7) is 1.08. The average molecular weight is 322 g/mol. The minimum atomic E-state index is -0.238. The number of hydrogen-bond acceptors (Lipinski definition) is 3. The number of halogens is 1. The van der Waals surface area contributed by atoms with Crippen LogP contribution in [0.1, 0.15) is 11.1 Å². The van der Waals surface area contributed by atoms with Crippen LogP contribution < -0.4 is 15.8 Å². The Hall–Kier alpha value is -3.01. The number of nitrogens with two attached hydrogens (primary N) is 1. The first-order valence-electron chi connectivity index (χ1n) is 7.75. The number of benzene rings is 3. The lowest BCUT2D eigenvalue weighted by molar-refractivity contribution is 0.306. The van der Waals surface area contributed by atoms with Crippen molar-refractivity contribution < 1.29 is 9.13 Å². The zero-order valence-corrected chi connectivity index (χ0v) is 13.2. The molecule has 24 heavy (non-hydrogen) atoms. The summed E-state index contributed by atoms with van der Waals surface area (Å²) in [5.41, 5.74) is 9.61. The van der Waals surface area contributed by atoms with Crippen LogP contribution in [0.3, 0.4) is 0 Å². The third-order valence-electron chi connectivity index (χ3n) is 3.67. The standard InChI is InChI=1S/C20H19FN2O/c21-17-8-6-15(7-9-17)13-23-20-11-10-18(12-19(20)22)24-14-16-4-2-1-3-5-16/h1-12,23H,13-14,22H2. The summed E-state index contributed by atoms with van der Waals surface area (Å²) in [5.74, 6) is 0.488. The number of anilines is 2. The molecule has 3 nitrogen and oxygen atoms in total. The van der Waals surface area contributed by atoms with Crippen LogP contribution in [0.4, 0.5) is 15.8 Å². The van der Waals surface area contributed by atoms with Gasteiger partial charge in [-0.05, 0) is 35.4 Å². The highest BCUT2D eigenvalue weighted by Crippen LogP contribution is 2.25. The fourth-order valence-corrected chi connectivity index (χ4v) is 2.33. The quantitative estimate of drug-likeness (QED) is 0.652. The Morgan fingerprint density at radius 1 is 0.875 bits per heavy atom. The Morgan fingerprint density at radius 3 is 2.33 bits per heavy atom. The van der Waals surface area contributed by atoms with Crippen molar-refractivity contribution in [3.8, 4) is 5.75 Å². The van der Waals surface area contributed by atoms with Gasteiger partial charge in [0.15, 0.2) is 0 Å². The van der Waals surface area contributed by atoms with E-state index in [0.29, 0.717) is 18.8 Å². The molecule has 0 fully saturated rings. The molecule has 3 rings (SSSR count). The molecular weight excluding hydrogens is 303 g/mol. The summed E-state index contributed by atoms with van der Waals surface area (Å²) in [6.07, 6.45) is 0. The van der Waals surface area contributed by atoms with E-state index in [1.165, 1.54) is 12.1 Å². The molecule has 0 amide bonds. The molecule has 122 valence electrons. The summed E-state index contributed by atoms with van der Waals surface area (Å²) < 4.78 is 18.7. The maximum Gasteiger partial charge on any atom is 0.123 e. The second-order valence-corrected chi connectivity index (χ2v) is 5.50. The van der Waals surface area contributed by atoms with E-state index in [1.807, 2.05) is 42.5 Å². The van der Waals surface area contributed by atoms with Gasteiger partial charge in [0, 0.05) is 12.6 Å². The van der Waals surface area contributed by atoms with Gasteiger partial charge in [-0.3, -0.25) is 0 Å². The largest absolute Gasteiger partial charge is 0.489 e. The second kappa shape index (κ2) is 7.51. The van der Waals surface area contributed by atoms with Crippen LogP contribution in [0.5, 0.6) is 5.75 Å². The maximum atomic E-state index is 12.9. The van der Waals surface area contributed by atoms with E-state index in [2.05, 4.69) is 5.32 Å². The summed E-state index contributed by atoms with van der Waals surface area (Å²) in [4.78, 5) is 0. The van der Waals surface area contributed by atoms with Gasteiger partial charge in [-0.1, -0.05) is 42.5 Å². The summed E-state index contributed by atoms with van der Waals surface area (Å²) in [6, 6.07) is 21.9. The van der Waals surface area contributed by atoms with Crippen molar-refractivity contribution >= 4 is 11.4 Å². The third-order valence-corrected chi connectivity index (χ3v) is 3.67. The number of rotatable bonds is 6. The predicted octanol–water partition coefficient (Wildman–Crippen LogP) is 4.60. The molecule has 3 aromatic carbocycles. The van der Waals surface area contributed by atoms with Crippen LogP contribution in [0.25, 0.3) is 0 Å². The minimum absolute atomic E-state index is 0.238. The minimum Gasteiger partial charge on any atom is -0.489 e. The van der Waals surface area contributed by atoms with Crippen LogP contribution in [0.15, 0.2) is 72.8 Å². The monoisotopic (exact) mass is 322 g/mol. The van der Waals surface area contributed by atoms with Crippen molar-refractivity contribution in [2.75, 3.05) is 11.1 Å². The van der Waals surface area contributed by atoms with Gasteiger partial charge in [-0.15, -0.1) is 0 Å². The van der Waals surface area contributed by atoms with Gasteiger partial charge >= 0.3 is 0 Å². The van der Waals surface area contributed by atoms with E-state index in [4.69, 9.17) is 10.5 Å².